The van der Waals surface area contributed by atoms with Crippen molar-refractivity contribution in [3.05, 3.63) is 35.4 Å². The highest BCUT2D eigenvalue weighted by atomic mass is 32.2. The number of benzene rings is 1. The van der Waals surface area contributed by atoms with Crippen LogP contribution in [0.2, 0.25) is 0 Å². The zero-order chi connectivity index (χ0) is 14.7. The Morgan fingerprint density at radius 3 is 2.16 bits per heavy atom. The van der Waals surface area contributed by atoms with Crippen molar-refractivity contribution in [3.8, 4) is 0 Å². The second-order valence-corrected chi connectivity index (χ2v) is 5.20. The van der Waals surface area contributed by atoms with Gasteiger partial charge >= 0.3 is 21.3 Å². The van der Waals surface area contributed by atoms with Crippen LogP contribution in [0, 0.1) is 0 Å². The van der Waals surface area contributed by atoms with Crippen molar-refractivity contribution < 1.29 is 31.3 Å². The third-order valence-electron chi connectivity index (χ3n) is 2.36. The van der Waals surface area contributed by atoms with Gasteiger partial charge in [-0.25, -0.2) is 4.79 Å². The van der Waals surface area contributed by atoms with Gasteiger partial charge in [-0.15, -0.1) is 0 Å². The summed E-state index contributed by atoms with van der Waals surface area (Å²) in [5.74, 6) is -2.31. The molecule has 0 saturated carbocycles. The van der Waals surface area contributed by atoms with E-state index in [1.807, 2.05) is 6.92 Å². The second kappa shape index (κ2) is 5.62. The number of alkyl halides is 2. The number of aryl methyl sites for hydroxylation is 1. The Bertz CT molecular complexity index is 551. The first-order chi connectivity index (χ1) is 8.68. The highest BCUT2D eigenvalue weighted by Crippen LogP contribution is 2.22. The highest BCUT2D eigenvalue weighted by Gasteiger charge is 2.54. The topological polar surface area (TPSA) is 80.7 Å². The molecule has 106 valence electrons. The van der Waals surface area contributed by atoms with Gasteiger partial charge in [0.25, 0.3) is 0 Å². The van der Waals surface area contributed by atoms with Crippen molar-refractivity contribution in [3.63, 3.8) is 0 Å². The first kappa shape index (κ1) is 15.5. The Balaban J connectivity index is 2.69. The van der Waals surface area contributed by atoms with Crippen molar-refractivity contribution in [2.75, 3.05) is 0 Å². The van der Waals surface area contributed by atoms with Crippen LogP contribution in [-0.4, -0.2) is 24.2 Å². The van der Waals surface area contributed by atoms with Gasteiger partial charge in [0.15, 0.2) is 0 Å². The van der Waals surface area contributed by atoms with Gasteiger partial charge in [0, 0.05) is 0 Å². The minimum atomic E-state index is -5.82. The van der Waals surface area contributed by atoms with Crippen LogP contribution >= 0.6 is 0 Å². The summed E-state index contributed by atoms with van der Waals surface area (Å²) in [4.78, 5) is 10.9. The van der Waals surface area contributed by atoms with E-state index in [1.165, 1.54) is 0 Å². The summed E-state index contributed by atoms with van der Waals surface area (Å²) in [5.41, 5.74) is 1.44. The van der Waals surface area contributed by atoms with E-state index in [0.717, 1.165) is 12.0 Å². The molecule has 1 aromatic carbocycles. The summed E-state index contributed by atoms with van der Waals surface area (Å²) in [7, 11) is -5.82. The monoisotopic (exact) mass is 294 g/mol. The molecule has 0 atom stereocenters. The Kier molecular flexibility index (Phi) is 4.59. The largest absolute Gasteiger partial charge is 0.465 e. The lowest BCUT2D eigenvalue weighted by Crippen LogP contribution is -2.38. The molecule has 19 heavy (non-hydrogen) atoms. The lowest BCUT2D eigenvalue weighted by Gasteiger charge is -2.12. The van der Waals surface area contributed by atoms with Crippen LogP contribution in [0.1, 0.15) is 18.1 Å². The average molecular weight is 294 g/mol. The van der Waals surface area contributed by atoms with Gasteiger partial charge in [-0.3, -0.25) is 4.55 Å². The summed E-state index contributed by atoms with van der Waals surface area (Å²) >= 11 is 0. The molecule has 0 amide bonds. The maximum atomic E-state index is 12.8. The molecule has 5 nitrogen and oxygen atoms in total. The van der Waals surface area contributed by atoms with Crippen molar-refractivity contribution >= 4 is 16.1 Å². The zero-order valence-electron chi connectivity index (χ0n) is 9.97. The number of ether oxygens (including phenoxy) is 1. The highest BCUT2D eigenvalue weighted by molar-refractivity contribution is 7.87. The van der Waals surface area contributed by atoms with Crippen LogP contribution in [0.25, 0.3) is 0 Å². The van der Waals surface area contributed by atoms with Crippen molar-refractivity contribution in [2.45, 2.75) is 25.2 Å². The lowest BCUT2D eigenvalue weighted by molar-refractivity contribution is -0.162. The number of carbonyl (C=O) groups excluding carboxylic acids is 1. The predicted molar refractivity (Wildman–Crippen MR) is 62.1 cm³/mol. The molecule has 0 aliphatic rings. The zero-order valence-corrected chi connectivity index (χ0v) is 10.8. The molecule has 0 radical (unpaired) electrons. The first-order valence-corrected chi connectivity index (χ1v) is 6.72. The third kappa shape index (κ3) is 3.71. The third-order valence-corrected chi connectivity index (χ3v) is 3.18. The van der Waals surface area contributed by atoms with Crippen molar-refractivity contribution in [2.24, 2.45) is 0 Å². The number of esters is 1. The predicted octanol–water partition coefficient (Wildman–Crippen LogP) is 1.77. The smallest absolute Gasteiger partial charge is 0.455 e. The van der Waals surface area contributed by atoms with Gasteiger partial charge in [0.2, 0.25) is 0 Å². The molecular weight excluding hydrogens is 282 g/mol. The Hall–Kier alpha value is -1.54. The maximum Gasteiger partial charge on any atom is 0.465 e. The van der Waals surface area contributed by atoms with Crippen LogP contribution in [0.15, 0.2) is 24.3 Å². The molecule has 0 fully saturated rings. The van der Waals surface area contributed by atoms with Crippen molar-refractivity contribution in [1.82, 2.24) is 0 Å². The molecule has 0 unspecified atom stereocenters. The summed E-state index contributed by atoms with van der Waals surface area (Å²) < 4.78 is 58.6. The molecule has 0 aromatic heterocycles. The molecule has 0 aliphatic heterocycles. The van der Waals surface area contributed by atoms with Gasteiger partial charge < -0.3 is 4.74 Å². The molecule has 1 rings (SSSR count). The SMILES string of the molecule is CCc1ccc(COC(=O)C(F)(F)S(=O)(=O)O)cc1. The Morgan fingerprint density at radius 1 is 1.26 bits per heavy atom. The van der Waals surface area contributed by atoms with Crippen LogP contribution in [0.5, 0.6) is 0 Å². The molecular formula is C11H12F2O5S. The van der Waals surface area contributed by atoms with Gasteiger partial charge in [-0.1, -0.05) is 31.2 Å². The van der Waals surface area contributed by atoms with E-state index in [9.17, 15) is 22.0 Å². The van der Waals surface area contributed by atoms with E-state index in [0.29, 0.717) is 5.56 Å². The van der Waals surface area contributed by atoms with Crippen LogP contribution in [0.3, 0.4) is 0 Å². The number of halogens is 2. The summed E-state index contributed by atoms with van der Waals surface area (Å²) in [6, 6.07) is 6.59. The second-order valence-electron chi connectivity index (χ2n) is 3.74. The van der Waals surface area contributed by atoms with Crippen LogP contribution in [0.4, 0.5) is 8.78 Å². The van der Waals surface area contributed by atoms with Gasteiger partial charge in [0.05, 0.1) is 0 Å². The van der Waals surface area contributed by atoms with E-state index >= 15 is 0 Å². The molecule has 1 aromatic rings. The van der Waals surface area contributed by atoms with E-state index in [4.69, 9.17) is 4.55 Å². The number of hydrogen-bond donors (Lipinski definition) is 1. The molecule has 0 bridgehead atoms. The summed E-state index contributed by atoms with van der Waals surface area (Å²) in [6.07, 6.45) is 0.793. The van der Waals surface area contributed by atoms with Crippen LogP contribution < -0.4 is 0 Å². The molecule has 0 spiro atoms. The molecule has 1 N–H and O–H groups in total. The summed E-state index contributed by atoms with van der Waals surface area (Å²) in [6.45, 7) is 1.43. The minimum Gasteiger partial charge on any atom is -0.455 e. The quantitative estimate of drug-likeness (QED) is 0.661. The molecule has 0 aliphatic carbocycles. The van der Waals surface area contributed by atoms with E-state index in [-0.39, 0.29) is 0 Å². The minimum absolute atomic E-state index is 0.427. The van der Waals surface area contributed by atoms with E-state index in [2.05, 4.69) is 4.74 Å². The van der Waals surface area contributed by atoms with Gasteiger partial charge in [0.1, 0.15) is 6.61 Å². The van der Waals surface area contributed by atoms with Crippen LogP contribution in [-0.2, 0) is 32.7 Å². The average Bonchev–Trinajstić information content (AvgIpc) is 2.35. The molecule has 8 heteroatoms. The fourth-order valence-corrected chi connectivity index (χ4v) is 1.48. The normalized spacial score (nSPS) is 12.2. The number of hydrogen-bond acceptors (Lipinski definition) is 4. The molecule has 0 saturated heterocycles. The van der Waals surface area contributed by atoms with Gasteiger partial charge in [-0.05, 0) is 17.5 Å². The maximum absolute atomic E-state index is 12.8. The Morgan fingerprint density at radius 2 is 1.74 bits per heavy atom. The number of rotatable bonds is 5. The van der Waals surface area contributed by atoms with E-state index < -0.39 is 27.9 Å². The van der Waals surface area contributed by atoms with E-state index in [1.54, 1.807) is 24.3 Å². The number of carbonyl (C=O) groups is 1. The first-order valence-electron chi connectivity index (χ1n) is 5.28. The van der Waals surface area contributed by atoms with Gasteiger partial charge in [-0.2, -0.15) is 17.2 Å². The molecule has 0 heterocycles. The standard InChI is InChI=1S/C11H12F2O5S/c1-2-8-3-5-9(6-4-8)7-18-10(14)11(12,13)19(15,16)17/h3-6H,2,7H2,1H3,(H,15,16,17). The Labute approximate surface area is 108 Å². The fourth-order valence-electron chi connectivity index (χ4n) is 1.21. The summed E-state index contributed by atoms with van der Waals surface area (Å²) in [5, 5.41) is -4.96. The lowest BCUT2D eigenvalue weighted by atomic mass is 10.1. The van der Waals surface area contributed by atoms with Crippen molar-refractivity contribution in [1.29, 1.82) is 0 Å². The fraction of sp³-hybridized carbons (Fsp3) is 0.364.